The number of nitrogens with one attached hydrogen (secondary N) is 2. The van der Waals surface area contributed by atoms with Gasteiger partial charge in [0.05, 0.1) is 6.54 Å². The van der Waals surface area contributed by atoms with E-state index in [1.807, 2.05) is 6.92 Å². The van der Waals surface area contributed by atoms with E-state index in [0.29, 0.717) is 17.8 Å². The van der Waals surface area contributed by atoms with Crippen molar-refractivity contribution in [2.45, 2.75) is 26.3 Å². The maximum Gasteiger partial charge on any atom is 0.228 e. The lowest BCUT2D eigenvalue weighted by Crippen LogP contribution is -2.38. The highest BCUT2D eigenvalue weighted by molar-refractivity contribution is 5.81. The average molecular weight is 209 g/mol. The number of rotatable bonds is 3. The van der Waals surface area contributed by atoms with Crippen molar-refractivity contribution in [3.8, 4) is 0 Å². The van der Waals surface area contributed by atoms with Crippen LogP contribution in [-0.4, -0.2) is 35.2 Å². The van der Waals surface area contributed by atoms with Crippen LogP contribution in [0.2, 0.25) is 0 Å². The van der Waals surface area contributed by atoms with E-state index in [0.717, 1.165) is 25.5 Å². The molecule has 0 saturated heterocycles. The molecule has 0 spiro atoms. The van der Waals surface area contributed by atoms with Gasteiger partial charge in [-0.3, -0.25) is 4.99 Å². The maximum absolute atomic E-state index is 4.99. The predicted octanol–water partition coefficient (Wildman–Crippen LogP) is -0.142. The summed E-state index contributed by atoms with van der Waals surface area (Å²) in [4.78, 5) is 8.39. The molecule has 1 atom stereocenters. The van der Waals surface area contributed by atoms with E-state index in [2.05, 4.69) is 32.7 Å². The molecular weight excluding hydrogens is 194 g/mol. The van der Waals surface area contributed by atoms with Crippen LogP contribution in [-0.2, 0) is 6.42 Å². The third-order valence-electron chi connectivity index (χ3n) is 2.11. The molecule has 1 aromatic heterocycles. The molecule has 2 heterocycles. The van der Waals surface area contributed by atoms with Crippen molar-refractivity contribution in [1.82, 2.24) is 20.8 Å². The van der Waals surface area contributed by atoms with Crippen LogP contribution >= 0.6 is 0 Å². The van der Waals surface area contributed by atoms with Gasteiger partial charge in [0.1, 0.15) is 0 Å². The quantitative estimate of drug-likeness (QED) is 0.724. The highest BCUT2D eigenvalue weighted by atomic mass is 16.5. The van der Waals surface area contributed by atoms with Gasteiger partial charge >= 0.3 is 0 Å². The lowest BCUT2D eigenvalue weighted by Gasteiger charge is -2.06. The Hall–Kier alpha value is -1.59. The van der Waals surface area contributed by atoms with Gasteiger partial charge < -0.3 is 15.2 Å². The van der Waals surface area contributed by atoms with Gasteiger partial charge in [-0.15, -0.1) is 0 Å². The number of hydrogen-bond acceptors (Lipinski definition) is 6. The van der Waals surface area contributed by atoms with Crippen LogP contribution in [0.15, 0.2) is 9.52 Å². The van der Waals surface area contributed by atoms with E-state index < -0.39 is 0 Å². The second-order valence-corrected chi connectivity index (χ2v) is 3.65. The molecule has 0 aliphatic carbocycles. The second-order valence-electron chi connectivity index (χ2n) is 3.65. The number of nitrogens with zero attached hydrogens (tertiary/aromatic N) is 3. The molecule has 2 N–H and O–H groups in total. The van der Waals surface area contributed by atoms with Crippen molar-refractivity contribution >= 4 is 5.96 Å². The summed E-state index contributed by atoms with van der Waals surface area (Å²) in [6.07, 6.45) is 0.718. The first kappa shape index (κ1) is 9.95. The van der Waals surface area contributed by atoms with E-state index in [9.17, 15) is 0 Å². The summed E-state index contributed by atoms with van der Waals surface area (Å²) in [5.41, 5.74) is 0. The van der Waals surface area contributed by atoms with Crippen molar-refractivity contribution in [2.75, 3.05) is 13.1 Å². The van der Waals surface area contributed by atoms with Crippen LogP contribution in [0.1, 0.15) is 18.6 Å². The Balaban J connectivity index is 1.71. The average Bonchev–Trinajstić information content (AvgIpc) is 2.76. The van der Waals surface area contributed by atoms with E-state index in [4.69, 9.17) is 4.52 Å². The third-order valence-corrected chi connectivity index (χ3v) is 2.11. The van der Waals surface area contributed by atoms with Crippen molar-refractivity contribution in [3.63, 3.8) is 0 Å². The fourth-order valence-corrected chi connectivity index (χ4v) is 1.39. The van der Waals surface area contributed by atoms with Crippen LogP contribution in [0.3, 0.4) is 0 Å². The standard InChI is InChI=1S/C9H15N5O/c1-6-5-11-9(12-6)10-4-3-8-13-7(2)14-15-8/h6H,3-5H2,1-2H3,(H2,10,11,12). The van der Waals surface area contributed by atoms with Gasteiger partial charge in [0, 0.05) is 19.0 Å². The number of aromatic nitrogens is 2. The van der Waals surface area contributed by atoms with Crippen LogP contribution in [0.4, 0.5) is 0 Å². The Kier molecular flexibility index (Phi) is 2.84. The highest BCUT2D eigenvalue weighted by Crippen LogP contribution is 1.96. The molecule has 6 nitrogen and oxygen atoms in total. The van der Waals surface area contributed by atoms with E-state index in [-0.39, 0.29) is 0 Å². The molecule has 1 aromatic rings. The van der Waals surface area contributed by atoms with Crippen molar-refractivity contribution in [1.29, 1.82) is 0 Å². The Morgan fingerprint density at radius 2 is 2.47 bits per heavy atom. The molecule has 0 fully saturated rings. The minimum Gasteiger partial charge on any atom is -0.356 e. The molecule has 0 saturated carbocycles. The molecule has 15 heavy (non-hydrogen) atoms. The molecule has 0 amide bonds. The zero-order valence-corrected chi connectivity index (χ0v) is 8.95. The SMILES string of the molecule is Cc1noc(CCNC2=NCC(C)N2)n1. The first-order valence-corrected chi connectivity index (χ1v) is 5.08. The molecule has 1 aliphatic heterocycles. The van der Waals surface area contributed by atoms with Crippen molar-refractivity contribution in [2.24, 2.45) is 4.99 Å². The summed E-state index contributed by atoms with van der Waals surface area (Å²) < 4.78 is 4.99. The summed E-state index contributed by atoms with van der Waals surface area (Å²) in [5.74, 6) is 2.19. The summed E-state index contributed by atoms with van der Waals surface area (Å²) in [6, 6.07) is 0.429. The summed E-state index contributed by atoms with van der Waals surface area (Å²) in [5, 5.41) is 10.1. The zero-order chi connectivity index (χ0) is 10.7. The zero-order valence-electron chi connectivity index (χ0n) is 8.95. The molecule has 0 aromatic carbocycles. The lowest BCUT2D eigenvalue weighted by molar-refractivity contribution is 0.374. The number of hydrogen-bond donors (Lipinski definition) is 2. The van der Waals surface area contributed by atoms with Gasteiger partial charge in [0.25, 0.3) is 0 Å². The molecule has 6 heteroatoms. The van der Waals surface area contributed by atoms with Crippen LogP contribution < -0.4 is 10.6 Å². The third kappa shape index (κ3) is 2.68. The topological polar surface area (TPSA) is 75.3 Å². The van der Waals surface area contributed by atoms with Crippen molar-refractivity contribution in [3.05, 3.63) is 11.7 Å². The van der Waals surface area contributed by atoms with Gasteiger partial charge in [-0.25, -0.2) is 0 Å². The normalized spacial score (nSPS) is 19.9. The molecule has 0 radical (unpaired) electrons. The van der Waals surface area contributed by atoms with Gasteiger partial charge in [-0.2, -0.15) is 4.98 Å². The second kappa shape index (κ2) is 4.29. The molecule has 82 valence electrons. The maximum atomic E-state index is 4.99. The predicted molar refractivity (Wildman–Crippen MR) is 55.6 cm³/mol. The Bertz CT molecular complexity index is 359. The smallest absolute Gasteiger partial charge is 0.228 e. The van der Waals surface area contributed by atoms with Gasteiger partial charge in [-0.05, 0) is 13.8 Å². The molecule has 0 bridgehead atoms. The van der Waals surface area contributed by atoms with E-state index in [1.165, 1.54) is 0 Å². The number of aryl methyl sites for hydroxylation is 1. The van der Waals surface area contributed by atoms with E-state index >= 15 is 0 Å². The summed E-state index contributed by atoms with van der Waals surface area (Å²) >= 11 is 0. The minimum absolute atomic E-state index is 0.429. The van der Waals surface area contributed by atoms with Crippen LogP contribution in [0, 0.1) is 6.92 Å². The fraction of sp³-hybridized carbons (Fsp3) is 0.667. The van der Waals surface area contributed by atoms with E-state index in [1.54, 1.807) is 0 Å². The first-order valence-electron chi connectivity index (χ1n) is 5.08. The van der Waals surface area contributed by atoms with Gasteiger partial charge in [0.2, 0.25) is 5.89 Å². The van der Waals surface area contributed by atoms with Gasteiger partial charge in [0.15, 0.2) is 11.8 Å². The molecule has 2 rings (SSSR count). The summed E-state index contributed by atoms with van der Waals surface area (Å²) in [7, 11) is 0. The molecule has 1 aliphatic rings. The Morgan fingerprint density at radius 1 is 1.60 bits per heavy atom. The van der Waals surface area contributed by atoms with Crippen LogP contribution in [0.5, 0.6) is 0 Å². The Morgan fingerprint density at radius 3 is 3.07 bits per heavy atom. The van der Waals surface area contributed by atoms with Gasteiger partial charge in [-0.1, -0.05) is 5.16 Å². The lowest BCUT2D eigenvalue weighted by atomic mass is 10.4. The Labute approximate surface area is 88.2 Å². The number of guanidine groups is 1. The summed E-state index contributed by atoms with van der Waals surface area (Å²) in [6.45, 7) is 5.49. The fourth-order valence-electron chi connectivity index (χ4n) is 1.39. The monoisotopic (exact) mass is 209 g/mol. The minimum atomic E-state index is 0.429. The largest absolute Gasteiger partial charge is 0.356 e. The molecule has 1 unspecified atom stereocenters. The number of aliphatic imine (C=N–C) groups is 1. The van der Waals surface area contributed by atoms with Crippen LogP contribution in [0.25, 0.3) is 0 Å². The highest BCUT2D eigenvalue weighted by Gasteiger charge is 2.11. The first-order chi connectivity index (χ1) is 7.24. The van der Waals surface area contributed by atoms with Crippen molar-refractivity contribution < 1.29 is 4.52 Å². The molecular formula is C9H15N5O.